The molecule has 0 aliphatic rings. The number of fused-ring (bicyclic) bond motifs is 1. The van der Waals surface area contributed by atoms with E-state index < -0.39 is 0 Å². The van der Waals surface area contributed by atoms with E-state index in [4.69, 9.17) is 11.1 Å². The minimum absolute atomic E-state index is 0.131. The molecule has 0 aliphatic heterocycles. The molecule has 0 unspecified atom stereocenters. The molecule has 0 aromatic heterocycles. The summed E-state index contributed by atoms with van der Waals surface area (Å²) < 4.78 is 0. The molecule has 2 rings (SSSR count). The van der Waals surface area contributed by atoms with E-state index in [2.05, 4.69) is 26.0 Å². The summed E-state index contributed by atoms with van der Waals surface area (Å²) in [6.07, 6.45) is 0. The molecule has 2 nitrogen and oxygen atoms in total. The van der Waals surface area contributed by atoms with Crippen LogP contribution in [0, 0.1) is 11.3 Å². The van der Waals surface area contributed by atoms with Crippen molar-refractivity contribution < 1.29 is 0 Å². The van der Waals surface area contributed by atoms with Gasteiger partial charge in [0.1, 0.15) is 5.84 Å². The molecule has 0 spiro atoms. The summed E-state index contributed by atoms with van der Waals surface area (Å²) in [4.78, 5) is 1.27. The highest BCUT2D eigenvalue weighted by Gasteiger charge is 2.08. The molecule has 2 aromatic rings. The van der Waals surface area contributed by atoms with Gasteiger partial charge in [-0.2, -0.15) is 0 Å². The first-order valence-electron chi connectivity index (χ1n) is 6.08. The van der Waals surface area contributed by atoms with Gasteiger partial charge in [-0.05, 0) is 28.8 Å². The van der Waals surface area contributed by atoms with Gasteiger partial charge in [-0.15, -0.1) is 11.8 Å². The number of hydrogen-bond donors (Lipinski definition) is 2. The van der Waals surface area contributed by atoms with Gasteiger partial charge in [-0.3, -0.25) is 5.41 Å². The van der Waals surface area contributed by atoms with E-state index in [1.165, 1.54) is 10.3 Å². The molecule has 0 saturated heterocycles. The normalized spacial score (nSPS) is 11.1. The highest BCUT2D eigenvalue weighted by molar-refractivity contribution is 7.99. The fourth-order valence-electron chi connectivity index (χ4n) is 1.89. The quantitative estimate of drug-likeness (QED) is 0.497. The Bertz CT molecular complexity index is 576. The van der Waals surface area contributed by atoms with Crippen LogP contribution >= 0.6 is 11.8 Å². The van der Waals surface area contributed by atoms with Gasteiger partial charge in [0.2, 0.25) is 0 Å². The second-order valence-corrected chi connectivity index (χ2v) is 5.84. The molecular weight excluding hydrogens is 240 g/mol. The van der Waals surface area contributed by atoms with E-state index in [0.29, 0.717) is 5.92 Å². The lowest BCUT2D eigenvalue weighted by Gasteiger charge is -2.11. The third-order valence-electron chi connectivity index (χ3n) is 2.75. The van der Waals surface area contributed by atoms with E-state index in [1.807, 2.05) is 36.0 Å². The lowest BCUT2D eigenvalue weighted by atomic mass is 10.0. The highest BCUT2D eigenvalue weighted by atomic mass is 32.2. The van der Waals surface area contributed by atoms with Crippen molar-refractivity contribution in [3.8, 4) is 0 Å². The molecule has 2 aromatic carbocycles. The zero-order chi connectivity index (χ0) is 13.1. The van der Waals surface area contributed by atoms with Gasteiger partial charge in [0.05, 0.1) is 0 Å². The summed E-state index contributed by atoms with van der Waals surface area (Å²) in [5, 5.41) is 9.89. The minimum Gasteiger partial charge on any atom is -0.384 e. The van der Waals surface area contributed by atoms with Gasteiger partial charge in [-0.25, -0.2) is 0 Å². The fraction of sp³-hybridized carbons (Fsp3) is 0.267. The molecule has 3 heteroatoms. The highest BCUT2D eigenvalue weighted by Crippen LogP contribution is 2.31. The van der Waals surface area contributed by atoms with Crippen LogP contribution in [-0.2, 0) is 0 Å². The van der Waals surface area contributed by atoms with Crippen molar-refractivity contribution in [2.75, 3.05) is 5.75 Å². The maximum absolute atomic E-state index is 7.63. The molecule has 0 atom stereocenters. The molecule has 0 fully saturated rings. The molecule has 3 N–H and O–H groups in total. The van der Waals surface area contributed by atoms with Crippen molar-refractivity contribution >= 4 is 28.4 Å². The topological polar surface area (TPSA) is 49.9 Å². The van der Waals surface area contributed by atoms with Gasteiger partial charge in [0.15, 0.2) is 0 Å². The Kier molecular flexibility index (Phi) is 3.92. The van der Waals surface area contributed by atoms with Crippen LogP contribution in [-0.4, -0.2) is 11.6 Å². The van der Waals surface area contributed by atoms with Crippen molar-refractivity contribution in [3.63, 3.8) is 0 Å². The van der Waals surface area contributed by atoms with Crippen molar-refractivity contribution in [3.05, 3.63) is 42.0 Å². The number of thioether (sulfide) groups is 1. The van der Waals surface area contributed by atoms with Crippen LogP contribution in [0.4, 0.5) is 0 Å². The molecule has 0 radical (unpaired) electrons. The van der Waals surface area contributed by atoms with Crippen LogP contribution < -0.4 is 5.73 Å². The zero-order valence-electron chi connectivity index (χ0n) is 10.7. The van der Waals surface area contributed by atoms with Crippen LogP contribution in [0.25, 0.3) is 10.8 Å². The number of hydrogen-bond acceptors (Lipinski definition) is 2. The molecule has 94 valence electrons. The van der Waals surface area contributed by atoms with E-state index in [1.54, 1.807) is 0 Å². The summed E-state index contributed by atoms with van der Waals surface area (Å²) in [5.74, 6) is 1.90. The first-order valence-corrected chi connectivity index (χ1v) is 7.07. The van der Waals surface area contributed by atoms with E-state index in [9.17, 15) is 0 Å². The Balaban J connectivity index is 2.50. The van der Waals surface area contributed by atoms with E-state index in [-0.39, 0.29) is 5.84 Å². The predicted octanol–water partition coefficient (Wildman–Crippen LogP) is 3.87. The number of amidine groups is 1. The third-order valence-corrected chi connectivity index (χ3v) is 4.25. The molecule has 0 aliphatic carbocycles. The second kappa shape index (κ2) is 5.44. The number of nitrogens with one attached hydrogen (secondary N) is 1. The lowest BCUT2D eigenvalue weighted by Crippen LogP contribution is -2.11. The van der Waals surface area contributed by atoms with Crippen LogP contribution in [0.5, 0.6) is 0 Å². The Labute approximate surface area is 112 Å². The SMILES string of the molecule is CC(C)CSc1ccc(C(=N)N)c2ccccc12. The van der Waals surface area contributed by atoms with Crippen molar-refractivity contribution in [1.82, 2.24) is 0 Å². The molecule has 0 saturated carbocycles. The Morgan fingerprint density at radius 1 is 1.17 bits per heavy atom. The van der Waals surface area contributed by atoms with Crippen LogP contribution in [0.2, 0.25) is 0 Å². The summed E-state index contributed by atoms with van der Waals surface area (Å²) >= 11 is 1.87. The Morgan fingerprint density at radius 3 is 2.44 bits per heavy atom. The number of rotatable bonds is 4. The summed E-state index contributed by atoms with van der Waals surface area (Å²) in [6, 6.07) is 12.2. The van der Waals surface area contributed by atoms with Gasteiger partial charge in [0, 0.05) is 16.2 Å². The first kappa shape index (κ1) is 13.0. The third kappa shape index (κ3) is 2.67. The Hall–Kier alpha value is -1.48. The van der Waals surface area contributed by atoms with Crippen LogP contribution in [0.1, 0.15) is 19.4 Å². The molecule has 0 bridgehead atoms. The molecular formula is C15H18N2S. The summed E-state index contributed by atoms with van der Waals surface area (Å²) in [5.41, 5.74) is 6.45. The van der Waals surface area contributed by atoms with Crippen molar-refractivity contribution in [2.24, 2.45) is 11.7 Å². The molecule has 18 heavy (non-hydrogen) atoms. The number of nitrogen functional groups attached to an aromatic ring is 1. The average Bonchev–Trinajstić information content (AvgIpc) is 2.35. The van der Waals surface area contributed by atoms with Gasteiger partial charge in [-0.1, -0.05) is 38.1 Å². The van der Waals surface area contributed by atoms with Gasteiger partial charge >= 0.3 is 0 Å². The average molecular weight is 258 g/mol. The van der Waals surface area contributed by atoms with Crippen molar-refractivity contribution in [2.45, 2.75) is 18.7 Å². The Morgan fingerprint density at radius 2 is 1.83 bits per heavy atom. The second-order valence-electron chi connectivity index (χ2n) is 4.78. The lowest BCUT2D eigenvalue weighted by molar-refractivity contribution is 0.750. The fourth-order valence-corrected chi connectivity index (χ4v) is 2.90. The van der Waals surface area contributed by atoms with Crippen LogP contribution in [0.3, 0.4) is 0 Å². The summed E-state index contributed by atoms with van der Waals surface area (Å²) in [7, 11) is 0. The minimum atomic E-state index is 0.131. The largest absolute Gasteiger partial charge is 0.384 e. The molecule has 0 heterocycles. The monoisotopic (exact) mass is 258 g/mol. The number of benzene rings is 2. The van der Waals surface area contributed by atoms with E-state index in [0.717, 1.165) is 16.7 Å². The van der Waals surface area contributed by atoms with Crippen molar-refractivity contribution in [1.29, 1.82) is 5.41 Å². The van der Waals surface area contributed by atoms with E-state index >= 15 is 0 Å². The standard InChI is InChI=1S/C15H18N2S/c1-10(2)9-18-14-8-7-13(15(16)17)11-5-3-4-6-12(11)14/h3-8,10H,9H2,1-2H3,(H3,16,17). The maximum Gasteiger partial charge on any atom is 0.123 e. The van der Waals surface area contributed by atoms with Gasteiger partial charge < -0.3 is 5.73 Å². The predicted molar refractivity (Wildman–Crippen MR) is 80.5 cm³/mol. The summed E-state index contributed by atoms with van der Waals surface area (Å²) in [6.45, 7) is 4.44. The first-order chi connectivity index (χ1) is 8.59. The smallest absolute Gasteiger partial charge is 0.123 e. The van der Waals surface area contributed by atoms with Crippen LogP contribution in [0.15, 0.2) is 41.3 Å². The maximum atomic E-state index is 7.63. The molecule has 0 amide bonds. The zero-order valence-corrected chi connectivity index (χ0v) is 11.6. The van der Waals surface area contributed by atoms with Gasteiger partial charge in [0.25, 0.3) is 0 Å². The number of nitrogens with two attached hydrogens (primary N) is 1.